The highest BCUT2D eigenvalue weighted by atomic mass is 19.1. The molecule has 3 nitrogen and oxygen atoms in total. The zero-order valence-electron chi connectivity index (χ0n) is 12.1. The first-order chi connectivity index (χ1) is 10.2. The van der Waals surface area contributed by atoms with Crippen LogP contribution in [0.1, 0.15) is 50.5 Å². The molecule has 1 aliphatic heterocycles. The summed E-state index contributed by atoms with van der Waals surface area (Å²) >= 11 is 0. The van der Waals surface area contributed by atoms with Crippen LogP contribution in [-0.2, 0) is 4.74 Å². The van der Waals surface area contributed by atoms with Crippen LogP contribution in [0.4, 0.5) is 4.39 Å². The smallest absolute Gasteiger partial charge is 0.166 e. The van der Waals surface area contributed by atoms with E-state index in [0.29, 0.717) is 12.2 Å². The monoisotopic (exact) mass is 289 g/mol. The summed E-state index contributed by atoms with van der Waals surface area (Å²) in [5.41, 5.74) is 0.264. The number of halogens is 1. The van der Waals surface area contributed by atoms with Crippen molar-refractivity contribution in [2.24, 2.45) is 0 Å². The van der Waals surface area contributed by atoms with Crippen molar-refractivity contribution < 1.29 is 13.9 Å². The third kappa shape index (κ3) is 3.19. The Kier molecular flexibility index (Phi) is 4.12. The van der Waals surface area contributed by atoms with E-state index in [0.717, 1.165) is 25.7 Å². The van der Waals surface area contributed by atoms with Crippen LogP contribution < -0.4 is 4.74 Å². The molecule has 1 atom stereocenters. The minimum Gasteiger partial charge on any atom is -0.487 e. The quantitative estimate of drug-likeness (QED) is 0.827. The Morgan fingerprint density at radius 2 is 2.10 bits per heavy atom. The van der Waals surface area contributed by atoms with Gasteiger partial charge >= 0.3 is 0 Å². The molecule has 1 aromatic carbocycles. The van der Waals surface area contributed by atoms with Gasteiger partial charge in [0.1, 0.15) is 6.10 Å². The third-order valence-corrected chi connectivity index (χ3v) is 4.57. The van der Waals surface area contributed by atoms with E-state index in [4.69, 9.17) is 14.7 Å². The van der Waals surface area contributed by atoms with E-state index in [-0.39, 0.29) is 17.5 Å². The first-order valence-electron chi connectivity index (χ1n) is 7.71. The van der Waals surface area contributed by atoms with Crippen LogP contribution in [0, 0.1) is 17.1 Å². The molecule has 1 aromatic rings. The first kappa shape index (κ1) is 14.3. The predicted octanol–water partition coefficient (Wildman–Crippen LogP) is 3.96. The molecular formula is C17H20FNO2. The van der Waals surface area contributed by atoms with E-state index in [2.05, 4.69) is 0 Å². The molecule has 1 spiro atoms. The largest absolute Gasteiger partial charge is 0.487 e. The first-order valence-corrected chi connectivity index (χ1v) is 7.71. The maximum Gasteiger partial charge on any atom is 0.166 e. The molecule has 1 aliphatic carbocycles. The summed E-state index contributed by atoms with van der Waals surface area (Å²) in [5.74, 6) is -0.218. The maximum absolute atomic E-state index is 13.9. The van der Waals surface area contributed by atoms with Crippen molar-refractivity contribution in [1.82, 2.24) is 0 Å². The number of hydrogen-bond acceptors (Lipinski definition) is 3. The molecular weight excluding hydrogens is 269 g/mol. The second-order valence-corrected chi connectivity index (χ2v) is 6.08. The normalized spacial score (nSPS) is 24.5. The molecule has 0 amide bonds. The van der Waals surface area contributed by atoms with Crippen LogP contribution in [0.3, 0.4) is 0 Å². The Labute approximate surface area is 124 Å². The summed E-state index contributed by atoms with van der Waals surface area (Å²) in [6.45, 7) is 0.683. The average molecular weight is 289 g/mol. The lowest BCUT2D eigenvalue weighted by Gasteiger charge is -2.43. The molecule has 0 bridgehead atoms. The standard InChI is InChI=1S/C17H20FNO2/c18-15-10-13(12-19)4-5-16(15)21-14-6-9-20-17(11-14)7-2-1-3-8-17/h4-5,10,14H,1-3,6-9,11H2. The Morgan fingerprint density at radius 3 is 2.81 bits per heavy atom. The molecule has 4 heteroatoms. The summed E-state index contributed by atoms with van der Waals surface area (Å²) in [6, 6.07) is 6.30. The van der Waals surface area contributed by atoms with Crippen molar-refractivity contribution >= 4 is 0 Å². The zero-order valence-corrected chi connectivity index (χ0v) is 12.1. The molecule has 2 aliphatic rings. The molecule has 2 fully saturated rings. The van der Waals surface area contributed by atoms with Crippen molar-refractivity contribution in [3.8, 4) is 11.8 Å². The van der Waals surface area contributed by atoms with E-state index in [1.807, 2.05) is 6.07 Å². The molecule has 1 unspecified atom stereocenters. The van der Waals surface area contributed by atoms with Gasteiger partial charge in [-0.25, -0.2) is 4.39 Å². The third-order valence-electron chi connectivity index (χ3n) is 4.57. The summed E-state index contributed by atoms with van der Waals surface area (Å²) in [5, 5.41) is 8.77. The van der Waals surface area contributed by atoms with E-state index >= 15 is 0 Å². The molecule has 1 saturated heterocycles. The van der Waals surface area contributed by atoms with Crippen molar-refractivity contribution in [3.05, 3.63) is 29.6 Å². The number of benzene rings is 1. The SMILES string of the molecule is N#Cc1ccc(OC2CCOC3(CCCCC3)C2)c(F)c1. The van der Waals surface area contributed by atoms with Crippen LogP contribution >= 0.6 is 0 Å². The molecule has 112 valence electrons. The average Bonchev–Trinajstić information content (AvgIpc) is 2.50. The molecule has 1 heterocycles. The zero-order chi connectivity index (χ0) is 14.7. The highest BCUT2D eigenvalue weighted by Crippen LogP contribution is 2.39. The van der Waals surface area contributed by atoms with Crippen LogP contribution in [-0.4, -0.2) is 18.3 Å². The van der Waals surface area contributed by atoms with Gasteiger partial charge in [-0.2, -0.15) is 5.26 Å². The van der Waals surface area contributed by atoms with Gasteiger partial charge in [0.05, 0.1) is 23.8 Å². The lowest BCUT2D eigenvalue weighted by molar-refractivity contribution is -0.130. The second-order valence-electron chi connectivity index (χ2n) is 6.08. The van der Waals surface area contributed by atoms with Gasteiger partial charge in [-0.3, -0.25) is 0 Å². The van der Waals surface area contributed by atoms with Gasteiger partial charge in [0.15, 0.2) is 11.6 Å². The molecule has 0 aromatic heterocycles. The van der Waals surface area contributed by atoms with Gasteiger partial charge in [-0.15, -0.1) is 0 Å². The van der Waals surface area contributed by atoms with Crippen LogP contribution in [0.5, 0.6) is 5.75 Å². The van der Waals surface area contributed by atoms with Crippen molar-refractivity contribution in [2.45, 2.75) is 56.7 Å². The topological polar surface area (TPSA) is 42.2 Å². The van der Waals surface area contributed by atoms with Crippen LogP contribution in [0.2, 0.25) is 0 Å². The Hall–Kier alpha value is -1.60. The Balaban J connectivity index is 1.68. The summed E-state index contributed by atoms with van der Waals surface area (Å²) in [6.07, 6.45) is 7.50. The summed E-state index contributed by atoms with van der Waals surface area (Å²) in [4.78, 5) is 0. The predicted molar refractivity (Wildman–Crippen MR) is 76.5 cm³/mol. The number of ether oxygens (including phenoxy) is 2. The Morgan fingerprint density at radius 1 is 1.29 bits per heavy atom. The fourth-order valence-electron chi connectivity index (χ4n) is 3.47. The van der Waals surface area contributed by atoms with Crippen molar-refractivity contribution in [3.63, 3.8) is 0 Å². The van der Waals surface area contributed by atoms with Gasteiger partial charge in [0.2, 0.25) is 0 Å². The minimum absolute atomic E-state index is 0.000661. The fourth-order valence-corrected chi connectivity index (χ4v) is 3.47. The molecule has 0 radical (unpaired) electrons. The van der Waals surface area contributed by atoms with Crippen LogP contribution in [0.25, 0.3) is 0 Å². The van der Waals surface area contributed by atoms with Crippen molar-refractivity contribution in [2.75, 3.05) is 6.61 Å². The molecule has 21 heavy (non-hydrogen) atoms. The summed E-state index contributed by atoms with van der Waals surface area (Å²) in [7, 11) is 0. The fraction of sp³-hybridized carbons (Fsp3) is 0.588. The lowest BCUT2D eigenvalue weighted by atomic mass is 9.79. The van der Waals surface area contributed by atoms with E-state index in [1.165, 1.54) is 25.3 Å². The highest BCUT2D eigenvalue weighted by Gasteiger charge is 2.39. The van der Waals surface area contributed by atoms with Crippen molar-refractivity contribution in [1.29, 1.82) is 5.26 Å². The highest BCUT2D eigenvalue weighted by molar-refractivity contribution is 5.36. The number of hydrogen-bond donors (Lipinski definition) is 0. The lowest BCUT2D eigenvalue weighted by Crippen LogP contribution is -2.45. The summed E-state index contributed by atoms with van der Waals surface area (Å²) < 4.78 is 25.8. The molecule has 3 rings (SSSR count). The molecule has 1 saturated carbocycles. The van der Waals surface area contributed by atoms with Gasteiger partial charge in [-0.05, 0) is 31.0 Å². The van der Waals surface area contributed by atoms with Gasteiger partial charge in [0.25, 0.3) is 0 Å². The van der Waals surface area contributed by atoms with E-state index in [1.54, 1.807) is 12.1 Å². The second kappa shape index (κ2) is 6.03. The van der Waals surface area contributed by atoms with Gasteiger partial charge in [-0.1, -0.05) is 19.3 Å². The minimum atomic E-state index is -0.460. The maximum atomic E-state index is 13.9. The number of nitriles is 1. The molecule has 0 N–H and O–H groups in total. The Bertz CT molecular complexity index is 541. The number of nitrogens with zero attached hydrogens (tertiary/aromatic N) is 1. The van der Waals surface area contributed by atoms with E-state index < -0.39 is 5.82 Å². The van der Waals surface area contributed by atoms with Gasteiger partial charge in [0, 0.05) is 12.8 Å². The van der Waals surface area contributed by atoms with E-state index in [9.17, 15) is 4.39 Å². The number of rotatable bonds is 2. The van der Waals surface area contributed by atoms with Crippen LogP contribution in [0.15, 0.2) is 18.2 Å². The van der Waals surface area contributed by atoms with Gasteiger partial charge < -0.3 is 9.47 Å².